The van der Waals surface area contributed by atoms with Crippen LogP contribution in [-0.4, -0.2) is 14.9 Å². The van der Waals surface area contributed by atoms with Crippen LogP contribution in [0.25, 0.3) is 0 Å². The van der Waals surface area contributed by atoms with Crippen LogP contribution in [0, 0.1) is 0 Å². The van der Waals surface area contributed by atoms with E-state index in [1.807, 2.05) is 26.0 Å². The third-order valence-electron chi connectivity index (χ3n) is 2.73. The summed E-state index contributed by atoms with van der Waals surface area (Å²) in [5, 5.41) is 15.6. The number of benzene rings is 1. The average Bonchev–Trinajstić information content (AvgIpc) is 2.71. The molecule has 0 fully saturated rings. The van der Waals surface area contributed by atoms with E-state index >= 15 is 0 Å². The zero-order valence-electron chi connectivity index (χ0n) is 10.1. The number of hydrogen-bond acceptors (Lipinski definition) is 2. The average molecular weight is 285 g/mol. The van der Waals surface area contributed by atoms with E-state index in [9.17, 15) is 5.11 Å². The fourth-order valence-electron chi connectivity index (χ4n) is 1.86. The Labute approximate surface area is 116 Å². The van der Waals surface area contributed by atoms with Crippen LogP contribution < -0.4 is 0 Å². The summed E-state index contributed by atoms with van der Waals surface area (Å²) in [6.07, 6.45) is 0.660. The maximum Gasteiger partial charge on any atom is 0.124 e. The van der Waals surface area contributed by atoms with Crippen molar-refractivity contribution in [3.63, 3.8) is 0 Å². The molecular weight excluding hydrogens is 271 g/mol. The van der Waals surface area contributed by atoms with Crippen molar-refractivity contribution < 1.29 is 5.11 Å². The summed E-state index contributed by atoms with van der Waals surface area (Å²) in [6.45, 7) is 3.96. The molecule has 0 bridgehead atoms. The highest BCUT2D eigenvalue weighted by atomic mass is 35.5. The minimum absolute atomic E-state index is 0.115. The molecule has 3 nitrogen and oxygen atoms in total. The quantitative estimate of drug-likeness (QED) is 0.930. The van der Waals surface area contributed by atoms with Gasteiger partial charge in [0, 0.05) is 16.6 Å². The smallest absolute Gasteiger partial charge is 0.124 e. The molecule has 0 spiro atoms. The Balaban J connectivity index is 2.49. The van der Waals surface area contributed by atoms with E-state index in [0.29, 0.717) is 21.3 Å². The van der Waals surface area contributed by atoms with Gasteiger partial charge in [-0.2, -0.15) is 5.10 Å². The molecule has 0 saturated heterocycles. The van der Waals surface area contributed by atoms with Crippen LogP contribution in [0.3, 0.4) is 0 Å². The molecule has 96 valence electrons. The normalized spacial score (nSPS) is 13.0. The van der Waals surface area contributed by atoms with E-state index in [2.05, 4.69) is 5.10 Å². The summed E-state index contributed by atoms with van der Waals surface area (Å²) in [4.78, 5) is 0. The van der Waals surface area contributed by atoms with Gasteiger partial charge in [-0.3, -0.25) is 4.68 Å². The summed E-state index contributed by atoms with van der Waals surface area (Å²) >= 11 is 12.2. The van der Waals surface area contributed by atoms with E-state index < -0.39 is 6.10 Å². The highest BCUT2D eigenvalue weighted by molar-refractivity contribution is 6.32. The van der Waals surface area contributed by atoms with Gasteiger partial charge in [0.05, 0.1) is 16.9 Å². The number of nitrogens with zero attached hydrogens (tertiary/aromatic N) is 2. The molecule has 0 radical (unpaired) electrons. The lowest BCUT2D eigenvalue weighted by Crippen LogP contribution is -2.12. The summed E-state index contributed by atoms with van der Waals surface area (Å²) in [5.74, 6) is 0. The van der Waals surface area contributed by atoms with Crippen molar-refractivity contribution in [3.8, 4) is 0 Å². The van der Waals surface area contributed by atoms with Crippen LogP contribution in [0.4, 0.5) is 0 Å². The van der Waals surface area contributed by atoms with E-state index in [-0.39, 0.29) is 6.04 Å². The topological polar surface area (TPSA) is 38.0 Å². The van der Waals surface area contributed by atoms with E-state index in [0.717, 1.165) is 0 Å². The van der Waals surface area contributed by atoms with Gasteiger partial charge >= 0.3 is 0 Å². The van der Waals surface area contributed by atoms with Crippen molar-refractivity contribution in [1.29, 1.82) is 0 Å². The number of halogens is 2. The van der Waals surface area contributed by atoms with Crippen LogP contribution in [0.15, 0.2) is 30.5 Å². The van der Waals surface area contributed by atoms with Gasteiger partial charge in [-0.1, -0.05) is 41.4 Å². The Bertz CT molecular complexity index is 552. The monoisotopic (exact) mass is 284 g/mol. The third kappa shape index (κ3) is 2.39. The summed E-state index contributed by atoms with van der Waals surface area (Å²) in [5.41, 5.74) is 1.20. The minimum Gasteiger partial charge on any atom is -0.382 e. The molecule has 18 heavy (non-hydrogen) atoms. The van der Waals surface area contributed by atoms with Crippen LogP contribution in [0.2, 0.25) is 10.0 Å². The first kappa shape index (κ1) is 13.4. The standard InChI is InChI=1S/C13H14Cl2N2O/c1-8(2)17-12(11(15)7-16-17)13(18)9-5-3-4-6-10(9)14/h3-8,13,18H,1-2H3. The van der Waals surface area contributed by atoms with E-state index in [1.54, 1.807) is 16.8 Å². The third-order valence-corrected chi connectivity index (χ3v) is 3.37. The van der Waals surface area contributed by atoms with Crippen molar-refractivity contribution in [1.82, 2.24) is 9.78 Å². The Morgan fingerprint density at radius 2 is 1.83 bits per heavy atom. The predicted molar refractivity (Wildman–Crippen MR) is 73.1 cm³/mol. The maximum atomic E-state index is 10.4. The van der Waals surface area contributed by atoms with Crippen LogP contribution in [0.5, 0.6) is 0 Å². The molecule has 0 aliphatic rings. The SMILES string of the molecule is CC(C)n1ncc(Cl)c1C(O)c1ccccc1Cl. The molecule has 2 rings (SSSR count). The lowest BCUT2D eigenvalue weighted by atomic mass is 10.1. The van der Waals surface area contributed by atoms with E-state index in [4.69, 9.17) is 23.2 Å². The molecule has 5 heteroatoms. The number of hydrogen-bond donors (Lipinski definition) is 1. The Hall–Kier alpha value is -1.03. The largest absolute Gasteiger partial charge is 0.382 e. The number of aromatic nitrogens is 2. The van der Waals surface area contributed by atoms with Crippen molar-refractivity contribution in [2.75, 3.05) is 0 Å². The molecule has 1 aromatic heterocycles. The Kier molecular flexibility index (Phi) is 3.95. The van der Waals surface area contributed by atoms with Crippen molar-refractivity contribution in [3.05, 3.63) is 51.8 Å². The minimum atomic E-state index is -0.879. The number of aliphatic hydroxyl groups excluding tert-OH is 1. The van der Waals surface area contributed by atoms with Gasteiger partial charge in [0.15, 0.2) is 0 Å². The van der Waals surface area contributed by atoms with Gasteiger partial charge in [0.2, 0.25) is 0 Å². The maximum absolute atomic E-state index is 10.4. The van der Waals surface area contributed by atoms with Crippen LogP contribution >= 0.6 is 23.2 Å². The van der Waals surface area contributed by atoms with Gasteiger partial charge in [-0.05, 0) is 19.9 Å². The first-order chi connectivity index (χ1) is 8.52. The fraction of sp³-hybridized carbons (Fsp3) is 0.308. The lowest BCUT2D eigenvalue weighted by molar-refractivity contribution is 0.205. The molecule has 1 atom stereocenters. The van der Waals surface area contributed by atoms with Gasteiger partial charge < -0.3 is 5.11 Å². The molecule has 0 saturated carbocycles. The summed E-state index contributed by atoms with van der Waals surface area (Å²) in [7, 11) is 0. The van der Waals surface area contributed by atoms with Crippen molar-refractivity contribution in [2.45, 2.75) is 26.0 Å². The molecule has 1 aromatic carbocycles. The second-order valence-corrected chi connectivity index (χ2v) is 5.15. The highest BCUT2D eigenvalue weighted by Gasteiger charge is 2.22. The molecular formula is C13H14Cl2N2O. The second kappa shape index (κ2) is 5.31. The van der Waals surface area contributed by atoms with Crippen molar-refractivity contribution in [2.24, 2.45) is 0 Å². The molecule has 0 amide bonds. The van der Waals surface area contributed by atoms with E-state index in [1.165, 1.54) is 6.20 Å². The Morgan fingerprint density at radius 3 is 2.44 bits per heavy atom. The molecule has 0 aliphatic heterocycles. The highest BCUT2D eigenvalue weighted by Crippen LogP contribution is 2.33. The number of aliphatic hydroxyl groups is 1. The molecule has 1 unspecified atom stereocenters. The molecule has 2 aromatic rings. The lowest BCUT2D eigenvalue weighted by Gasteiger charge is -2.17. The van der Waals surface area contributed by atoms with Gasteiger partial charge in [0.1, 0.15) is 6.10 Å². The Morgan fingerprint density at radius 1 is 1.17 bits per heavy atom. The zero-order valence-corrected chi connectivity index (χ0v) is 11.7. The summed E-state index contributed by atoms with van der Waals surface area (Å²) < 4.78 is 1.70. The molecule has 1 heterocycles. The predicted octanol–water partition coefficient (Wildman–Crippen LogP) is 3.85. The van der Waals surface area contributed by atoms with Crippen LogP contribution in [-0.2, 0) is 0 Å². The molecule has 1 N–H and O–H groups in total. The van der Waals surface area contributed by atoms with Gasteiger partial charge in [-0.25, -0.2) is 0 Å². The molecule has 0 aliphatic carbocycles. The fourth-order valence-corrected chi connectivity index (χ4v) is 2.33. The van der Waals surface area contributed by atoms with Gasteiger partial charge in [-0.15, -0.1) is 0 Å². The first-order valence-corrected chi connectivity index (χ1v) is 6.43. The number of rotatable bonds is 3. The summed E-state index contributed by atoms with van der Waals surface area (Å²) in [6, 6.07) is 7.28. The van der Waals surface area contributed by atoms with Crippen LogP contribution in [0.1, 0.15) is 37.3 Å². The zero-order chi connectivity index (χ0) is 13.3. The first-order valence-electron chi connectivity index (χ1n) is 5.67. The van der Waals surface area contributed by atoms with Gasteiger partial charge in [0.25, 0.3) is 0 Å². The second-order valence-electron chi connectivity index (χ2n) is 4.34. The van der Waals surface area contributed by atoms with Crippen molar-refractivity contribution >= 4 is 23.2 Å².